The maximum atomic E-state index is 11.9. The highest BCUT2D eigenvalue weighted by Crippen LogP contribution is 2.15. The lowest BCUT2D eigenvalue weighted by atomic mass is 9.98. The number of hydrogen-bond acceptors (Lipinski definition) is 4. The highest BCUT2D eigenvalue weighted by Gasteiger charge is 2.20. The van der Waals surface area contributed by atoms with Crippen molar-refractivity contribution in [3.05, 3.63) is 0 Å². The molecule has 0 aromatic rings. The van der Waals surface area contributed by atoms with Crippen molar-refractivity contribution < 1.29 is 9.53 Å². The molecule has 1 atom stereocenters. The number of ether oxygens (including phenoxy) is 1. The fourth-order valence-electron chi connectivity index (χ4n) is 2.63. The van der Waals surface area contributed by atoms with Crippen LogP contribution in [0.2, 0.25) is 0 Å². The summed E-state index contributed by atoms with van der Waals surface area (Å²) in [6, 6.07) is 0. The third-order valence-electron chi connectivity index (χ3n) is 3.56. The number of amides is 1. The van der Waals surface area contributed by atoms with Crippen LogP contribution in [0.3, 0.4) is 0 Å². The molecule has 1 heterocycles. The number of likely N-dealkylation sites (tertiary alicyclic amines) is 1. The first-order valence-electron chi connectivity index (χ1n) is 7.87. The van der Waals surface area contributed by atoms with Crippen LogP contribution in [0.15, 0.2) is 0 Å². The molecule has 1 rings (SSSR count). The minimum Gasteiger partial charge on any atom is -0.379 e. The number of carbonyl (C=O) groups is 1. The SMILES string of the molecule is CNCC1CCCN(CC(=O)NCCCOC(C)C)C1. The minimum absolute atomic E-state index is 0.139. The van der Waals surface area contributed by atoms with Gasteiger partial charge < -0.3 is 15.4 Å². The quantitative estimate of drug-likeness (QED) is 0.617. The molecule has 0 aromatic carbocycles. The maximum absolute atomic E-state index is 11.9. The molecule has 1 aliphatic heterocycles. The van der Waals surface area contributed by atoms with Crippen LogP contribution in [0.25, 0.3) is 0 Å². The summed E-state index contributed by atoms with van der Waals surface area (Å²) in [6.07, 6.45) is 3.61. The van der Waals surface area contributed by atoms with E-state index < -0.39 is 0 Å². The van der Waals surface area contributed by atoms with Gasteiger partial charge in [-0.1, -0.05) is 0 Å². The third kappa shape index (κ3) is 7.82. The summed E-state index contributed by atoms with van der Waals surface area (Å²) in [5.74, 6) is 0.820. The standard InChI is InChI=1S/C15H31N3O2/c1-13(2)20-9-5-7-17-15(19)12-18-8-4-6-14(11-18)10-16-3/h13-14,16H,4-12H2,1-3H3,(H,17,19). The highest BCUT2D eigenvalue weighted by atomic mass is 16.5. The van der Waals surface area contributed by atoms with Gasteiger partial charge in [-0.3, -0.25) is 9.69 Å². The maximum Gasteiger partial charge on any atom is 0.234 e. The van der Waals surface area contributed by atoms with Crippen LogP contribution in [-0.4, -0.2) is 63.3 Å². The average Bonchev–Trinajstić information content (AvgIpc) is 2.38. The van der Waals surface area contributed by atoms with Gasteiger partial charge >= 0.3 is 0 Å². The van der Waals surface area contributed by atoms with Crippen molar-refractivity contribution in [2.75, 3.05) is 46.4 Å². The topological polar surface area (TPSA) is 53.6 Å². The van der Waals surface area contributed by atoms with Crippen LogP contribution < -0.4 is 10.6 Å². The molecule has 2 N–H and O–H groups in total. The zero-order chi connectivity index (χ0) is 14.8. The zero-order valence-corrected chi connectivity index (χ0v) is 13.3. The Morgan fingerprint density at radius 1 is 1.45 bits per heavy atom. The lowest BCUT2D eigenvalue weighted by Gasteiger charge is -2.32. The van der Waals surface area contributed by atoms with E-state index in [4.69, 9.17) is 4.74 Å². The van der Waals surface area contributed by atoms with Crippen molar-refractivity contribution in [3.8, 4) is 0 Å². The molecule has 20 heavy (non-hydrogen) atoms. The largest absolute Gasteiger partial charge is 0.379 e. The van der Waals surface area contributed by atoms with Gasteiger partial charge in [-0.05, 0) is 59.2 Å². The fourth-order valence-corrected chi connectivity index (χ4v) is 2.63. The molecule has 0 spiro atoms. The summed E-state index contributed by atoms with van der Waals surface area (Å²) < 4.78 is 5.45. The Balaban J connectivity index is 2.09. The van der Waals surface area contributed by atoms with E-state index in [1.54, 1.807) is 0 Å². The molecule has 1 unspecified atom stereocenters. The Kier molecular flexibility index (Phi) is 8.82. The molecular weight excluding hydrogens is 254 g/mol. The van der Waals surface area contributed by atoms with E-state index >= 15 is 0 Å². The number of piperidine rings is 1. The molecule has 0 aromatic heterocycles. The lowest BCUT2D eigenvalue weighted by Crippen LogP contribution is -2.44. The van der Waals surface area contributed by atoms with Crippen molar-refractivity contribution in [3.63, 3.8) is 0 Å². The van der Waals surface area contributed by atoms with Crippen LogP contribution in [0.1, 0.15) is 33.1 Å². The Hall–Kier alpha value is -0.650. The minimum atomic E-state index is 0.139. The van der Waals surface area contributed by atoms with Crippen LogP contribution in [-0.2, 0) is 9.53 Å². The molecule has 5 nitrogen and oxygen atoms in total. The number of hydrogen-bond donors (Lipinski definition) is 2. The molecule has 0 bridgehead atoms. The van der Waals surface area contributed by atoms with Crippen molar-refractivity contribution in [2.24, 2.45) is 5.92 Å². The van der Waals surface area contributed by atoms with Crippen molar-refractivity contribution in [1.29, 1.82) is 0 Å². The molecule has 1 aliphatic rings. The van der Waals surface area contributed by atoms with Gasteiger partial charge in [0.1, 0.15) is 0 Å². The zero-order valence-electron chi connectivity index (χ0n) is 13.3. The summed E-state index contributed by atoms with van der Waals surface area (Å²) >= 11 is 0. The van der Waals surface area contributed by atoms with E-state index in [2.05, 4.69) is 15.5 Å². The smallest absolute Gasteiger partial charge is 0.234 e. The number of rotatable bonds is 9. The van der Waals surface area contributed by atoms with E-state index in [0.717, 1.165) is 26.1 Å². The predicted molar refractivity (Wildman–Crippen MR) is 81.8 cm³/mol. The summed E-state index contributed by atoms with van der Waals surface area (Å²) in [5.41, 5.74) is 0. The van der Waals surface area contributed by atoms with Crippen LogP contribution in [0, 0.1) is 5.92 Å². The molecule has 0 radical (unpaired) electrons. The first-order valence-corrected chi connectivity index (χ1v) is 7.87. The van der Waals surface area contributed by atoms with Crippen LogP contribution in [0.4, 0.5) is 0 Å². The molecule has 0 saturated carbocycles. The van der Waals surface area contributed by atoms with Gasteiger partial charge in [-0.25, -0.2) is 0 Å². The Morgan fingerprint density at radius 3 is 2.95 bits per heavy atom. The van der Waals surface area contributed by atoms with E-state index in [1.807, 2.05) is 20.9 Å². The lowest BCUT2D eigenvalue weighted by molar-refractivity contribution is -0.122. The number of nitrogens with zero attached hydrogens (tertiary/aromatic N) is 1. The van der Waals surface area contributed by atoms with E-state index in [9.17, 15) is 4.79 Å². The molecule has 5 heteroatoms. The molecule has 1 saturated heterocycles. The second-order valence-corrected chi connectivity index (χ2v) is 5.92. The van der Waals surface area contributed by atoms with Crippen LogP contribution in [0.5, 0.6) is 0 Å². The monoisotopic (exact) mass is 285 g/mol. The van der Waals surface area contributed by atoms with E-state index in [0.29, 0.717) is 25.6 Å². The molecule has 1 amide bonds. The number of nitrogens with one attached hydrogen (secondary N) is 2. The summed E-state index contributed by atoms with van der Waals surface area (Å²) in [4.78, 5) is 14.1. The third-order valence-corrected chi connectivity index (χ3v) is 3.56. The fraction of sp³-hybridized carbons (Fsp3) is 0.933. The summed E-state index contributed by atoms with van der Waals surface area (Å²) in [6.45, 7) is 9.13. The predicted octanol–water partition coefficient (Wildman–Crippen LogP) is 0.849. The van der Waals surface area contributed by atoms with Gasteiger partial charge in [-0.2, -0.15) is 0 Å². The van der Waals surface area contributed by atoms with Gasteiger partial charge in [0.15, 0.2) is 0 Å². The molecule has 1 fully saturated rings. The second kappa shape index (κ2) is 10.1. The van der Waals surface area contributed by atoms with Crippen molar-refractivity contribution >= 4 is 5.91 Å². The van der Waals surface area contributed by atoms with Crippen molar-refractivity contribution in [2.45, 2.75) is 39.2 Å². The van der Waals surface area contributed by atoms with Gasteiger partial charge in [0.2, 0.25) is 5.91 Å². The van der Waals surface area contributed by atoms with Crippen molar-refractivity contribution in [1.82, 2.24) is 15.5 Å². The van der Waals surface area contributed by atoms with Gasteiger partial charge in [0, 0.05) is 19.7 Å². The van der Waals surface area contributed by atoms with Gasteiger partial charge in [-0.15, -0.1) is 0 Å². The van der Waals surface area contributed by atoms with E-state index in [1.165, 1.54) is 12.8 Å². The highest BCUT2D eigenvalue weighted by molar-refractivity contribution is 5.77. The first kappa shape index (κ1) is 17.4. The Morgan fingerprint density at radius 2 is 2.25 bits per heavy atom. The first-order chi connectivity index (χ1) is 9.61. The van der Waals surface area contributed by atoms with E-state index in [-0.39, 0.29) is 12.0 Å². The summed E-state index contributed by atoms with van der Waals surface area (Å²) in [7, 11) is 1.99. The summed E-state index contributed by atoms with van der Waals surface area (Å²) in [5, 5.41) is 6.20. The Labute approximate surface area is 123 Å². The van der Waals surface area contributed by atoms with Gasteiger partial charge in [0.05, 0.1) is 12.6 Å². The normalized spacial score (nSPS) is 20.3. The number of carbonyl (C=O) groups excluding carboxylic acids is 1. The second-order valence-electron chi connectivity index (χ2n) is 5.92. The van der Waals surface area contributed by atoms with Gasteiger partial charge in [0.25, 0.3) is 0 Å². The molecule has 118 valence electrons. The Bertz CT molecular complexity index is 270. The molecular formula is C15H31N3O2. The molecule has 0 aliphatic carbocycles. The average molecular weight is 285 g/mol. The van der Waals surface area contributed by atoms with Crippen LogP contribution >= 0.6 is 0 Å².